The van der Waals surface area contributed by atoms with Crippen molar-refractivity contribution in [1.82, 2.24) is 0 Å². The fourth-order valence-electron chi connectivity index (χ4n) is 2.33. The smallest absolute Gasteiger partial charge is 0.308 e. The average molecular weight is 289 g/mol. The van der Waals surface area contributed by atoms with Crippen molar-refractivity contribution in [3.05, 3.63) is 34.9 Å². The minimum Gasteiger partial charge on any atom is -0.481 e. The molecule has 1 fully saturated rings. The molecule has 3 atom stereocenters. The van der Waals surface area contributed by atoms with Crippen molar-refractivity contribution >= 4 is 27.4 Å². The first-order valence-corrected chi connectivity index (χ1v) is 7.67. The summed E-state index contributed by atoms with van der Waals surface area (Å²) >= 11 is 5.84. The normalized spacial score (nSPS) is 26.9. The molecule has 0 bridgehead atoms. The van der Waals surface area contributed by atoms with E-state index in [0.717, 1.165) is 0 Å². The second-order valence-electron chi connectivity index (χ2n) is 4.36. The quantitative estimate of drug-likeness (QED) is 0.919. The van der Waals surface area contributed by atoms with Crippen molar-refractivity contribution in [1.29, 1.82) is 0 Å². The van der Waals surface area contributed by atoms with Gasteiger partial charge in [-0.25, -0.2) is 8.42 Å². The highest BCUT2D eigenvalue weighted by atomic mass is 35.5. The average Bonchev–Trinajstić information content (AvgIpc) is 3.05. The Balaban J connectivity index is 2.37. The molecule has 0 saturated heterocycles. The summed E-state index contributed by atoms with van der Waals surface area (Å²) in [4.78, 5) is 11.1. The Bertz CT molecular complexity index is 581. The lowest BCUT2D eigenvalue weighted by Crippen LogP contribution is -2.14. The van der Waals surface area contributed by atoms with Gasteiger partial charge >= 0.3 is 5.97 Å². The van der Waals surface area contributed by atoms with Crippen LogP contribution in [0, 0.1) is 5.92 Å². The monoisotopic (exact) mass is 288 g/mol. The van der Waals surface area contributed by atoms with Gasteiger partial charge in [-0.1, -0.05) is 30.7 Å². The van der Waals surface area contributed by atoms with Crippen LogP contribution in [0.5, 0.6) is 0 Å². The fourth-order valence-corrected chi connectivity index (χ4v) is 4.33. The molecule has 18 heavy (non-hydrogen) atoms. The summed E-state index contributed by atoms with van der Waals surface area (Å²) in [5, 5.41) is 8.75. The molecule has 0 heterocycles. The molecular formula is C12H13ClO4S. The van der Waals surface area contributed by atoms with E-state index in [0.29, 0.717) is 10.6 Å². The van der Waals surface area contributed by atoms with Crippen molar-refractivity contribution in [2.24, 2.45) is 5.92 Å². The molecule has 0 aliphatic heterocycles. The zero-order valence-corrected chi connectivity index (χ0v) is 11.3. The predicted octanol–water partition coefficient (Wildman–Crippen LogP) is 1.94. The maximum absolute atomic E-state index is 11.8. The molecule has 6 heteroatoms. The highest BCUT2D eigenvalue weighted by Crippen LogP contribution is 2.52. The largest absolute Gasteiger partial charge is 0.481 e. The van der Waals surface area contributed by atoms with Crippen molar-refractivity contribution < 1.29 is 18.3 Å². The van der Waals surface area contributed by atoms with Gasteiger partial charge in [-0.3, -0.25) is 4.79 Å². The number of rotatable bonds is 4. The van der Waals surface area contributed by atoms with Gasteiger partial charge < -0.3 is 5.11 Å². The van der Waals surface area contributed by atoms with E-state index in [2.05, 4.69) is 0 Å². The highest BCUT2D eigenvalue weighted by molar-refractivity contribution is 7.92. The van der Waals surface area contributed by atoms with Gasteiger partial charge in [0.25, 0.3) is 0 Å². The van der Waals surface area contributed by atoms with Crippen LogP contribution in [0.1, 0.15) is 18.4 Å². The summed E-state index contributed by atoms with van der Waals surface area (Å²) in [7, 11) is -3.35. The molecule has 1 N–H and O–H groups in total. The Morgan fingerprint density at radius 2 is 2.11 bits per heavy atom. The van der Waals surface area contributed by atoms with Crippen molar-refractivity contribution in [3.8, 4) is 0 Å². The third-order valence-electron chi connectivity index (χ3n) is 3.29. The number of hydrogen-bond donors (Lipinski definition) is 1. The molecule has 4 nitrogen and oxygen atoms in total. The molecule has 2 rings (SSSR count). The molecule has 1 aliphatic carbocycles. The molecule has 0 amide bonds. The van der Waals surface area contributed by atoms with E-state index in [1.54, 1.807) is 24.3 Å². The van der Waals surface area contributed by atoms with Gasteiger partial charge in [-0.2, -0.15) is 0 Å². The summed E-state index contributed by atoms with van der Waals surface area (Å²) in [5.41, 5.74) is 0.678. The molecule has 1 aromatic carbocycles. The first-order chi connectivity index (χ1) is 8.38. The highest BCUT2D eigenvalue weighted by Gasteiger charge is 2.62. The molecular weight excluding hydrogens is 276 g/mol. The summed E-state index contributed by atoms with van der Waals surface area (Å²) in [6, 6.07) is 6.72. The number of carboxylic acids is 1. The van der Waals surface area contributed by atoms with Crippen molar-refractivity contribution in [2.75, 3.05) is 5.75 Å². The van der Waals surface area contributed by atoms with Crippen LogP contribution < -0.4 is 0 Å². The minimum atomic E-state index is -3.35. The van der Waals surface area contributed by atoms with Gasteiger partial charge in [0.05, 0.1) is 11.2 Å². The number of sulfone groups is 1. The number of halogens is 1. The second kappa shape index (κ2) is 4.55. The number of hydrogen-bond acceptors (Lipinski definition) is 3. The van der Waals surface area contributed by atoms with Crippen LogP contribution in [0.2, 0.25) is 5.02 Å². The van der Waals surface area contributed by atoms with E-state index in [9.17, 15) is 13.2 Å². The number of carboxylic acid groups (broad SMARTS) is 1. The zero-order valence-electron chi connectivity index (χ0n) is 9.71. The Labute approximate surface area is 110 Å². The second-order valence-corrected chi connectivity index (χ2v) is 7.24. The zero-order chi connectivity index (χ0) is 13.5. The number of aliphatic carboxylic acids is 1. The third kappa shape index (κ3) is 2.24. The maximum Gasteiger partial charge on any atom is 0.308 e. The Hall–Kier alpha value is -1.07. The number of carbonyl (C=O) groups is 1. The third-order valence-corrected chi connectivity index (χ3v) is 5.75. The van der Waals surface area contributed by atoms with Crippen LogP contribution in [0.15, 0.2) is 24.3 Å². The van der Waals surface area contributed by atoms with Gasteiger partial charge in [0, 0.05) is 16.7 Å². The summed E-state index contributed by atoms with van der Waals surface area (Å²) in [6.45, 7) is 1.53. The van der Waals surface area contributed by atoms with Crippen LogP contribution >= 0.6 is 11.6 Å². The van der Waals surface area contributed by atoms with Gasteiger partial charge in [-0.15, -0.1) is 0 Å². The van der Waals surface area contributed by atoms with E-state index >= 15 is 0 Å². The van der Waals surface area contributed by atoms with E-state index in [-0.39, 0.29) is 5.75 Å². The van der Waals surface area contributed by atoms with Gasteiger partial charge in [0.2, 0.25) is 0 Å². The molecule has 1 aromatic rings. The van der Waals surface area contributed by atoms with Gasteiger partial charge in [0.15, 0.2) is 9.84 Å². The minimum absolute atomic E-state index is 0.0431. The van der Waals surface area contributed by atoms with Crippen molar-refractivity contribution in [2.45, 2.75) is 18.1 Å². The standard InChI is InChI=1S/C12H13ClO4S/c1-2-18(16,17)11-9(10(11)12(14)15)7-4-3-5-8(13)6-7/h3-6,9-11H,2H2,1H3,(H,14,15)/t9-,10-,11+/m0/s1. The first kappa shape index (κ1) is 13.4. The molecule has 1 saturated carbocycles. The Morgan fingerprint density at radius 3 is 2.61 bits per heavy atom. The van der Waals surface area contributed by atoms with E-state index in [1.165, 1.54) is 6.92 Å². The van der Waals surface area contributed by atoms with Gasteiger partial charge in [-0.05, 0) is 17.7 Å². The summed E-state index contributed by atoms with van der Waals surface area (Å²) in [5.74, 6) is -2.44. The molecule has 0 spiro atoms. The summed E-state index contributed by atoms with van der Waals surface area (Å²) < 4.78 is 23.7. The Kier molecular flexibility index (Phi) is 3.38. The molecule has 0 radical (unpaired) electrons. The SMILES string of the molecule is CCS(=O)(=O)[C@H]1[C@@H](C(=O)O)[C@@H]1c1cccc(Cl)c1. The molecule has 98 valence electrons. The lowest BCUT2D eigenvalue weighted by atomic mass is 10.1. The lowest BCUT2D eigenvalue weighted by Gasteiger charge is -2.01. The van der Waals surface area contributed by atoms with E-state index < -0.39 is 32.9 Å². The molecule has 0 aromatic heterocycles. The maximum atomic E-state index is 11.8. The Morgan fingerprint density at radius 1 is 1.44 bits per heavy atom. The first-order valence-electron chi connectivity index (χ1n) is 5.58. The van der Waals surface area contributed by atoms with E-state index in [4.69, 9.17) is 16.7 Å². The topological polar surface area (TPSA) is 71.4 Å². The predicted molar refractivity (Wildman–Crippen MR) is 68.6 cm³/mol. The van der Waals surface area contributed by atoms with Crippen LogP contribution in [0.25, 0.3) is 0 Å². The summed E-state index contributed by atoms with van der Waals surface area (Å²) in [6.07, 6.45) is 0. The van der Waals surface area contributed by atoms with Crippen LogP contribution in [-0.2, 0) is 14.6 Å². The molecule has 1 aliphatic rings. The number of benzene rings is 1. The van der Waals surface area contributed by atoms with Crippen LogP contribution in [0.3, 0.4) is 0 Å². The van der Waals surface area contributed by atoms with E-state index in [1.807, 2.05) is 0 Å². The van der Waals surface area contributed by atoms with Crippen molar-refractivity contribution in [3.63, 3.8) is 0 Å². The molecule has 0 unspecified atom stereocenters. The lowest BCUT2D eigenvalue weighted by molar-refractivity contribution is -0.138. The van der Waals surface area contributed by atoms with Crippen LogP contribution in [0.4, 0.5) is 0 Å². The van der Waals surface area contributed by atoms with Crippen LogP contribution in [-0.4, -0.2) is 30.5 Å². The fraction of sp³-hybridized carbons (Fsp3) is 0.417. The van der Waals surface area contributed by atoms with Gasteiger partial charge in [0.1, 0.15) is 0 Å².